The summed E-state index contributed by atoms with van der Waals surface area (Å²) in [5.41, 5.74) is 2.59. The molecule has 0 spiro atoms. The second-order valence-electron chi connectivity index (χ2n) is 4.25. The highest BCUT2D eigenvalue weighted by Crippen LogP contribution is 2.20. The Morgan fingerprint density at radius 1 is 1.16 bits per heavy atom. The summed E-state index contributed by atoms with van der Waals surface area (Å²) in [4.78, 5) is 24.9. The van der Waals surface area contributed by atoms with Crippen LogP contribution < -0.4 is 0 Å². The predicted molar refractivity (Wildman–Crippen MR) is 71.9 cm³/mol. The summed E-state index contributed by atoms with van der Waals surface area (Å²) in [5, 5.41) is 0.837. The van der Waals surface area contributed by atoms with Crippen molar-refractivity contribution < 1.29 is 4.79 Å². The van der Waals surface area contributed by atoms with Crippen molar-refractivity contribution in [1.82, 2.24) is 15.0 Å². The number of nitrogens with zero attached hydrogens (tertiary/aromatic N) is 3. The summed E-state index contributed by atoms with van der Waals surface area (Å²) in [6, 6.07) is 9.39. The van der Waals surface area contributed by atoms with Gasteiger partial charge in [0, 0.05) is 29.0 Å². The highest BCUT2D eigenvalue weighted by atomic mass is 16.1. The van der Waals surface area contributed by atoms with E-state index in [0.717, 1.165) is 16.6 Å². The topological polar surface area (TPSA) is 55.7 Å². The highest BCUT2D eigenvalue weighted by molar-refractivity contribution is 6.14. The van der Waals surface area contributed by atoms with Gasteiger partial charge in [-0.25, -0.2) is 4.98 Å². The van der Waals surface area contributed by atoms with Crippen LogP contribution in [-0.2, 0) is 0 Å². The smallest absolute Gasteiger partial charge is 0.213 e. The maximum atomic E-state index is 12.5. The summed E-state index contributed by atoms with van der Waals surface area (Å²) in [7, 11) is 0. The fourth-order valence-electron chi connectivity index (χ4n) is 2.05. The average Bonchev–Trinajstić information content (AvgIpc) is 2.46. The Kier molecular flexibility index (Phi) is 2.76. The minimum Gasteiger partial charge on any atom is -0.287 e. The van der Waals surface area contributed by atoms with Gasteiger partial charge < -0.3 is 0 Å². The molecule has 4 heteroatoms. The van der Waals surface area contributed by atoms with Crippen LogP contribution in [-0.4, -0.2) is 20.7 Å². The van der Waals surface area contributed by atoms with Gasteiger partial charge in [0.1, 0.15) is 5.69 Å². The lowest BCUT2D eigenvalue weighted by Gasteiger charge is -2.06. The van der Waals surface area contributed by atoms with E-state index in [4.69, 9.17) is 0 Å². The number of fused-ring (bicyclic) bond motifs is 1. The van der Waals surface area contributed by atoms with E-state index < -0.39 is 0 Å². The molecule has 3 rings (SSSR count). The lowest BCUT2D eigenvalue weighted by atomic mass is 10.0. The van der Waals surface area contributed by atoms with Gasteiger partial charge in [0.25, 0.3) is 0 Å². The zero-order valence-electron chi connectivity index (χ0n) is 10.4. The van der Waals surface area contributed by atoms with Crippen molar-refractivity contribution in [3.05, 3.63) is 65.9 Å². The van der Waals surface area contributed by atoms with Crippen molar-refractivity contribution in [2.45, 2.75) is 6.92 Å². The first-order chi connectivity index (χ1) is 9.25. The molecule has 0 unspecified atom stereocenters. The van der Waals surface area contributed by atoms with Crippen molar-refractivity contribution in [1.29, 1.82) is 0 Å². The number of rotatable bonds is 2. The molecule has 0 radical (unpaired) electrons. The Labute approximate surface area is 110 Å². The van der Waals surface area contributed by atoms with Crippen LogP contribution in [0.2, 0.25) is 0 Å². The monoisotopic (exact) mass is 249 g/mol. The maximum Gasteiger partial charge on any atom is 0.213 e. The molecule has 2 aromatic heterocycles. The van der Waals surface area contributed by atoms with Crippen molar-refractivity contribution in [3.63, 3.8) is 0 Å². The number of ketones is 1. The Morgan fingerprint density at radius 3 is 2.79 bits per heavy atom. The molecule has 3 aromatic rings. The molecular formula is C15H11N3O. The number of benzene rings is 1. The lowest BCUT2D eigenvalue weighted by molar-refractivity contribution is 0.103. The first kappa shape index (κ1) is 11.5. The molecule has 0 N–H and O–H groups in total. The minimum absolute atomic E-state index is 0.130. The molecule has 0 saturated heterocycles. The van der Waals surface area contributed by atoms with E-state index in [2.05, 4.69) is 15.0 Å². The molecule has 0 aliphatic heterocycles. The number of carbonyl (C=O) groups is 1. The van der Waals surface area contributed by atoms with Gasteiger partial charge in [0.2, 0.25) is 5.78 Å². The van der Waals surface area contributed by atoms with E-state index in [-0.39, 0.29) is 5.78 Å². The van der Waals surface area contributed by atoms with Gasteiger partial charge in [-0.1, -0.05) is 18.2 Å². The summed E-state index contributed by atoms with van der Waals surface area (Å²) in [6.07, 6.45) is 4.54. The Hall–Kier alpha value is -2.62. The molecule has 0 atom stereocenters. The molecule has 0 amide bonds. The highest BCUT2D eigenvalue weighted by Gasteiger charge is 2.14. The third-order valence-electron chi connectivity index (χ3n) is 2.88. The number of hydrogen-bond acceptors (Lipinski definition) is 4. The van der Waals surface area contributed by atoms with Crippen molar-refractivity contribution >= 4 is 16.7 Å². The van der Waals surface area contributed by atoms with Crippen molar-refractivity contribution in [3.8, 4) is 0 Å². The van der Waals surface area contributed by atoms with Gasteiger partial charge in [0.15, 0.2) is 0 Å². The zero-order chi connectivity index (χ0) is 13.2. The van der Waals surface area contributed by atoms with E-state index in [1.807, 2.05) is 31.2 Å². The first-order valence-corrected chi connectivity index (χ1v) is 5.93. The van der Waals surface area contributed by atoms with Gasteiger partial charge in [-0.05, 0) is 19.1 Å². The van der Waals surface area contributed by atoms with E-state index >= 15 is 0 Å². The van der Waals surface area contributed by atoms with E-state index in [1.165, 1.54) is 12.4 Å². The lowest BCUT2D eigenvalue weighted by Crippen LogP contribution is -2.06. The minimum atomic E-state index is -0.130. The largest absolute Gasteiger partial charge is 0.287 e. The van der Waals surface area contributed by atoms with Gasteiger partial charge in [0.05, 0.1) is 11.7 Å². The SMILES string of the molecule is Cc1cc(C(=O)c2cnccn2)c2ccccc2n1. The Bertz CT molecular complexity index is 754. The molecular weight excluding hydrogens is 238 g/mol. The number of para-hydroxylation sites is 1. The summed E-state index contributed by atoms with van der Waals surface area (Å²) < 4.78 is 0. The standard InChI is InChI=1S/C15H11N3O/c1-10-8-12(11-4-2-3-5-13(11)18-10)15(19)14-9-16-6-7-17-14/h2-9H,1H3. The van der Waals surface area contributed by atoms with Crippen molar-refractivity contribution in [2.75, 3.05) is 0 Å². The molecule has 4 nitrogen and oxygen atoms in total. The van der Waals surface area contributed by atoms with E-state index in [1.54, 1.807) is 12.3 Å². The van der Waals surface area contributed by atoms with Crippen LogP contribution >= 0.6 is 0 Å². The zero-order valence-corrected chi connectivity index (χ0v) is 10.4. The second kappa shape index (κ2) is 4.57. The fraction of sp³-hybridized carbons (Fsp3) is 0.0667. The molecule has 19 heavy (non-hydrogen) atoms. The fourth-order valence-corrected chi connectivity index (χ4v) is 2.05. The number of pyridine rings is 1. The summed E-state index contributed by atoms with van der Waals surface area (Å²) in [6.45, 7) is 1.87. The number of aryl methyl sites for hydroxylation is 1. The van der Waals surface area contributed by atoms with Crippen LogP contribution in [0.5, 0.6) is 0 Å². The molecule has 1 aromatic carbocycles. The molecule has 0 fully saturated rings. The van der Waals surface area contributed by atoms with Crippen LogP contribution in [0.3, 0.4) is 0 Å². The summed E-state index contributed by atoms with van der Waals surface area (Å²) in [5.74, 6) is -0.130. The predicted octanol–water partition coefficient (Wildman–Crippen LogP) is 2.56. The third-order valence-corrected chi connectivity index (χ3v) is 2.88. The van der Waals surface area contributed by atoms with Gasteiger partial charge >= 0.3 is 0 Å². The quantitative estimate of drug-likeness (QED) is 0.655. The Morgan fingerprint density at radius 2 is 2.00 bits per heavy atom. The average molecular weight is 249 g/mol. The van der Waals surface area contributed by atoms with Gasteiger partial charge in [-0.3, -0.25) is 14.8 Å². The molecule has 0 aliphatic carbocycles. The van der Waals surface area contributed by atoms with Gasteiger partial charge in [-0.2, -0.15) is 0 Å². The molecule has 0 bridgehead atoms. The Balaban J connectivity index is 2.23. The molecule has 92 valence electrons. The van der Waals surface area contributed by atoms with Crippen molar-refractivity contribution in [2.24, 2.45) is 0 Å². The van der Waals surface area contributed by atoms with Crippen LogP contribution in [0.25, 0.3) is 10.9 Å². The number of hydrogen-bond donors (Lipinski definition) is 0. The third kappa shape index (κ3) is 2.08. The number of carbonyl (C=O) groups excluding carboxylic acids is 1. The van der Waals surface area contributed by atoms with Gasteiger partial charge in [-0.15, -0.1) is 0 Å². The summed E-state index contributed by atoms with van der Waals surface area (Å²) >= 11 is 0. The normalized spacial score (nSPS) is 10.6. The van der Waals surface area contributed by atoms with Crippen LogP contribution in [0.4, 0.5) is 0 Å². The molecule has 2 heterocycles. The van der Waals surface area contributed by atoms with Crippen LogP contribution in [0.15, 0.2) is 48.9 Å². The maximum absolute atomic E-state index is 12.5. The first-order valence-electron chi connectivity index (χ1n) is 5.93. The van der Waals surface area contributed by atoms with E-state index in [0.29, 0.717) is 11.3 Å². The number of aromatic nitrogens is 3. The van der Waals surface area contributed by atoms with E-state index in [9.17, 15) is 4.79 Å². The van der Waals surface area contributed by atoms with Crippen LogP contribution in [0, 0.1) is 6.92 Å². The van der Waals surface area contributed by atoms with Crippen LogP contribution in [0.1, 0.15) is 21.7 Å². The molecule has 0 saturated carbocycles. The molecule has 0 aliphatic rings. The second-order valence-corrected chi connectivity index (χ2v) is 4.25.